The Bertz CT molecular complexity index is 198. The zero-order valence-electron chi connectivity index (χ0n) is 7.76. The molecule has 0 bridgehead atoms. The lowest BCUT2D eigenvalue weighted by Crippen LogP contribution is -1.95. The van der Waals surface area contributed by atoms with Crippen molar-refractivity contribution in [2.24, 2.45) is 5.92 Å². The first-order chi connectivity index (χ1) is 5.97. The fourth-order valence-corrected chi connectivity index (χ4v) is 2.43. The predicted molar refractivity (Wildman–Crippen MR) is 53.0 cm³/mol. The Morgan fingerprint density at radius 2 is 2.00 bits per heavy atom. The summed E-state index contributed by atoms with van der Waals surface area (Å²) in [6.07, 6.45) is 16.8. The maximum Gasteiger partial charge on any atom is -0.0200 e. The lowest BCUT2D eigenvalue weighted by Gasteiger charge is -2.09. The monoisotopic (exact) mass is 162 g/mol. The molecule has 0 heteroatoms. The van der Waals surface area contributed by atoms with E-state index in [0.29, 0.717) is 0 Å². The molecule has 0 spiro atoms. The molecule has 0 N–H and O–H groups in total. The number of hydrogen-bond donors (Lipinski definition) is 0. The van der Waals surface area contributed by atoms with E-state index in [1.54, 1.807) is 5.57 Å². The standard InChI is InChI=1S/C12H18/c1-2-4-7-11-9-6-10-12(11)8-5-3-1/h2,4,7,12H,1,3,5-6,8-10H2. The number of hydrogen-bond acceptors (Lipinski definition) is 0. The van der Waals surface area contributed by atoms with Gasteiger partial charge in [0.25, 0.3) is 0 Å². The first-order valence-corrected chi connectivity index (χ1v) is 5.32. The molecule has 0 aliphatic heterocycles. The number of allylic oxidation sites excluding steroid dienone is 4. The largest absolute Gasteiger partial charge is 0.0845 e. The Balaban J connectivity index is 2.08. The Kier molecular flexibility index (Phi) is 2.65. The molecule has 0 aromatic rings. The van der Waals surface area contributed by atoms with Crippen molar-refractivity contribution in [3.63, 3.8) is 0 Å². The molecule has 1 atom stereocenters. The molecule has 2 aliphatic carbocycles. The molecular formula is C12H18. The van der Waals surface area contributed by atoms with Gasteiger partial charge in [0.15, 0.2) is 0 Å². The summed E-state index contributed by atoms with van der Waals surface area (Å²) in [7, 11) is 0. The van der Waals surface area contributed by atoms with Gasteiger partial charge in [-0.3, -0.25) is 0 Å². The molecule has 0 radical (unpaired) electrons. The quantitative estimate of drug-likeness (QED) is 0.507. The van der Waals surface area contributed by atoms with Crippen LogP contribution in [0.2, 0.25) is 0 Å². The van der Waals surface area contributed by atoms with Crippen LogP contribution in [0.4, 0.5) is 0 Å². The van der Waals surface area contributed by atoms with E-state index < -0.39 is 0 Å². The van der Waals surface area contributed by atoms with Gasteiger partial charge < -0.3 is 0 Å². The zero-order valence-corrected chi connectivity index (χ0v) is 7.76. The molecule has 0 saturated heterocycles. The van der Waals surface area contributed by atoms with Crippen LogP contribution in [0, 0.1) is 5.92 Å². The van der Waals surface area contributed by atoms with E-state index in [4.69, 9.17) is 0 Å². The second-order valence-corrected chi connectivity index (χ2v) is 4.04. The van der Waals surface area contributed by atoms with Gasteiger partial charge >= 0.3 is 0 Å². The molecule has 0 nitrogen and oxygen atoms in total. The second kappa shape index (κ2) is 3.93. The van der Waals surface area contributed by atoms with Gasteiger partial charge in [0, 0.05) is 0 Å². The first kappa shape index (κ1) is 8.10. The van der Waals surface area contributed by atoms with E-state index in [0.717, 1.165) is 5.92 Å². The van der Waals surface area contributed by atoms with E-state index in [1.807, 2.05) is 0 Å². The zero-order chi connectivity index (χ0) is 8.23. The average Bonchev–Trinajstić information content (AvgIpc) is 2.50. The number of fused-ring (bicyclic) bond motifs is 1. The molecule has 1 fully saturated rings. The highest BCUT2D eigenvalue weighted by Gasteiger charge is 2.19. The van der Waals surface area contributed by atoms with Gasteiger partial charge in [-0.1, -0.05) is 30.2 Å². The summed E-state index contributed by atoms with van der Waals surface area (Å²) in [5, 5.41) is 0. The van der Waals surface area contributed by atoms with Crippen LogP contribution in [0.25, 0.3) is 0 Å². The summed E-state index contributed by atoms with van der Waals surface area (Å²) in [4.78, 5) is 0. The maximum atomic E-state index is 2.38. The molecule has 66 valence electrons. The normalized spacial score (nSPS) is 30.0. The molecular weight excluding hydrogens is 144 g/mol. The van der Waals surface area contributed by atoms with Crippen molar-refractivity contribution >= 4 is 0 Å². The summed E-state index contributed by atoms with van der Waals surface area (Å²) in [5.74, 6) is 0.952. The highest BCUT2D eigenvalue weighted by molar-refractivity contribution is 5.18. The van der Waals surface area contributed by atoms with Crippen LogP contribution in [-0.2, 0) is 0 Å². The van der Waals surface area contributed by atoms with Crippen molar-refractivity contribution < 1.29 is 0 Å². The molecule has 1 unspecified atom stereocenters. The summed E-state index contributed by atoms with van der Waals surface area (Å²) in [5.41, 5.74) is 1.73. The lowest BCUT2D eigenvalue weighted by molar-refractivity contribution is 0.533. The highest BCUT2D eigenvalue weighted by Crippen LogP contribution is 2.35. The molecule has 0 aromatic heterocycles. The van der Waals surface area contributed by atoms with E-state index in [2.05, 4.69) is 18.2 Å². The molecule has 2 rings (SSSR count). The van der Waals surface area contributed by atoms with E-state index in [-0.39, 0.29) is 0 Å². The van der Waals surface area contributed by atoms with Gasteiger partial charge in [-0.2, -0.15) is 0 Å². The van der Waals surface area contributed by atoms with Gasteiger partial charge in [0.1, 0.15) is 0 Å². The third-order valence-electron chi connectivity index (χ3n) is 3.16. The van der Waals surface area contributed by atoms with Gasteiger partial charge in [0.05, 0.1) is 0 Å². The molecule has 12 heavy (non-hydrogen) atoms. The Hall–Kier alpha value is -0.520. The van der Waals surface area contributed by atoms with Crippen LogP contribution in [0.1, 0.15) is 44.9 Å². The Morgan fingerprint density at radius 3 is 3.00 bits per heavy atom. The summed E-state index contributed by atoms with van der Waals surface area (Å²) >= 11 is 0. The van der Waals surface area contributed by atoms with Gasteiger partial charge in [-0.25, -0.2) is 0 Å². The van der Waals surface area contributed by atoms with Gasteiger partial charge in [-0.05, 0) is 44.4 Å². The predicted octanol–water partition coefficient (Wildman–Crippen LogP) is 3.84. The van der Waals surface area contributed by atoms with Crippen LogP contribution in [0.3, 0.4) is 0 Å². The van der Waals surface area contributed by atoms with Crippen LogP contribution in [0.15, 0.2) is 23.8 Å². The average molecular weight is 162 g/mol. The third-order valence-corrected chi connectivity index (χ3v) is 3.16. The Morgan fingerprint density at radius 1 is 1.08 bits per heavy atom. The maximum absolute atomic E-state index is 2.38. The van der Waals surface area contributed by atoms with E-state index >= 15 is 0 Å². The molecule has 0 amide bonds. The molecule has 1 saturated carbocycles. The SMILES string of the molecule is C1=CCCCCC2CCCC2=C1. The lowest BCUT2D eigenvalue weighted by atomic mass is 9.96. The second-order valence-electron chi connectivity index (χ2n) is 4.04. The van der Waals surface area contributed by atoms with Gasteiger partial charge in [0.2, 0.25) is 0 Å². The first-order valence-electron chi connectivity index (χ1n) is 5.32. The molecule has 0 heterocycles. The van der Waals surface area contributed by atoms with Crippen LogP contribution in [0.5, 0.6) is 0 Å². The van der Waals surface area contributed by atoms with Crippen molar-refractivity contribution in [1.29, 1.82) is 0 Å². The molecule has 2 aliphatic rings. The van der Waals surface area contributed by atoms with E-state index in [9.17, 15) is 0 Å². The summed E-state index contributed by atoms with van der Waals surface area (Å²) in [6.45, 7) is 0. The highest BCUT2D eigenvalue weighted by atomic mass is 14.2. The molecule has 0 aromatic carbocycles. The van der Waals surface area contributed by atoms with E-state index in [1.165, 1.54) is 44.9 Å². The van der Waals surface area contributed by atoms with Crippen molar-refractivity contribution in [2.75, 3.05) is 0 Å². The minimum Gasteiger partial charge on any atom is -0.0845 e. The fourth-order valence-electron chi connectivity index (χ4n) is 2.43. The fraction of sp³-hybridized carbons (Fsp3) is 0.667. The smallest absolute Gasteiger partial charge is 0.0200 e. The topological polar surface area (TPSA) is 0 Å². The van der Waals surface area contributed by atoms with Gasteiger partial charge in [-0.15, -0.1) is 0 Å². The van der Waals surface area contributed by atoms with Crippen LogP contribution < -0.4 is 0 Å². The summed E-state index contributed by atoms with van der Waals surface area (Å²) in [6, 6.07) is 0. The van der Waals surface area contributed by atoms with Crippen molar-refractivity contribution in [2.45, 2.75) is 44.9 Å². The Labute approximate surface area is 75.4 Å². The minimum absolute atomic E-state index is 0.952. The minimum atomic E-state index is 0.952. The third kappa shape index (κ3) is 1.80. The van der Waals surface area contributed by atoms with Crippen LogP contribution >= 0.6 is 0 Å². The number of rotatable bonds is 0. The van der Waals surface area contributed by atoms with Crippen LogP contribution in [-0.4, -0.2) is 0 Å². The van der Waals surface area contributed by atoms with Crippen molar-refractivity contribution in [3.05, 3.63) is 23.8 Å². The van der Waals surface area contributed by atoms with Crippen molar-refractivity contribution in [1.82, 2.24) is 0 Å². The van der Waals surface area contributed by atoms with Crippen molar-refractivity contribution in [3.8, 4) is 0 Å². The summed E-state index contributed by atoms with van der Waals surface area (Å²) < 4.78 is 0.